The van der Waals surface area contributed by atoms with E-state index in [1.807, 2.05) is 4.90 Å². The van der Waals surface area contributed by atoms with Crippen LogP contribution in [-0.2, 0) is 9.53 Å². The zero-order valence-electron chi connectivity index (χ0n) is 13.1. The first kappa shape index (κ1) is 16.3. The Bertz CT molecular complexity index is 491. The molecular weight excluding hydrogens is 280 g/mol. The van der Waals surface area contributed by atoms with Crippen LogP contribution in [0.3, 0.4) is 0 Å². The molecule has 1 aromatic carbocycles. The van der Waals surface area contributed by atoms with Crippen LogP contribution in [0.25, 0.3) is 0 Å². The van der Waals surface area contributed by atoms with E-state index in [0.717, 1.165) is 31.6 Å². The first-order valence-corrected chi connectivity index (χ1v) is 7.91. The summed E-state index contributed by atoms with van der Waals surface area (Å²) in [4.78, 5) is 25.6. The highest BCUT2D eigenvalue weighted by Crippen LogP contribution is 2.12. The van der Waals surface area contributed by atoms with Gasteiger partial charge in [0.2, 0.25) is 5.91 Å². The van der Waals surface area contributed by atoms with Gasteiger partial charge in [0.05, 0.1) is 19.2 Å². The standard InChI is InChI=1S/C17H24N2O3/c1-22-17(21)14-7-9-15(10-8-14)18-13-16(20)19-11-5-3-2-4-6-12-19/h7-10,18H,2-6,11-13H2,1H3. The molecule has 120 valence electrons. The number of hydrogen-bond donors (Lipinski definition) is 1. The molecule has 1 saturated heterocycles. The minimum absolute atomic E-state index is 0.138. The summed E-state index contributed by atoms with van der Waals surface area (Å²) in [5.41, 5.74) is 1.33. The maximum absolute atomic E-state index is 12.2. The minimum atomic E-state index is -0.358. The van der Waals surface area contributed by atoms with E-state index in [1.54, 1.807) is 24.3 Å². The number of amides is 1. The molecule has 5 heteroatoms. The Labute approximate surface area is 131 Å². The number of hydrogen-bond acceptors (Lipinski definition) is 4. The zero-order valence-corrected chi connectivity index (χ0v) is 13.1. The topological polar surface area (TPSA) is 58.6 Å². The van der Waals surface area contributed by atoms with Crippen molar-refractivity contribution in [3.8, 4) is 0 Å². The largest absolute Gasteiger partial charge is 0.465 e. The molecule has 1 aliphatic heterocycles. The van der Waals surface area contributed by atoms with Gasteiger partial charge in [-0.2, -0.15) is 0 Å². The summed E-state index contributed by atoms with van der Waals surface area (Å²) in [6.45, 7) is 2.02. The molecular formula is C17H24N2O3. The number of methoxy groups -OCH3 is 1. The molecule has 1 heterocycles. The fourth-order valence-corrected chi connectivity index (χ4v) is 2.63. The molecule has 1 aliphatic rings. The Hall–Kier alpha value is -2.04. The summed E-state index contributed by atoms with van der Waals surface area (Å²) in [7, 11) is 1.36. The Morgan fingerprint density at radius 2 is 1.64 bits per heavy atom. The van der Waals surface area contributed by atoms with Gasteiger partial charge in [0.25, 0.3) is 0 Å². The Morgan fingerprint density at radius 1 is 1.05 bits per heavy atom. The van der Waals surface area contributed by atoms with Crippen molar-refractivity contribution < 1.29 is 14.3 Å². The van der Waals surface area contributed by atoms with Crippen LogP contribution < -0.4 is 5.32 Å². The minimum Gasteiger partial charge on any atom is -0.465 e. The molecule has 0 aliphatic carbocycles. The fourth-order valence-electron chi connectivity index (χ4n) is 2.63. The van der Waals surface area contributed by atoms with E-state index in [1.165, 1.54) is 26.4 Å². The smallest absolute Gasteiger partial charge is 0.337 e. The predicted molar refractivity (Wildman–Crippen MR) is 85.9 cm³/mol. The zero-order chi connectivity index (χ0) is 15.8. The van der Waals surface area contributed by atoms with Crippen LogP contribution in [-0.4, -0.2) is 43.5 Å². The van der Waals surface area contributed by atoms with Gasteiger partial charge in [-0.05, 0) is 37.1 Å². The van der Waals surface area contributed by atoms with Gasteiger partial charge in [0, 0.05) is 18.8 Å². The maximum Gasteiger partial charge on any atom is 0.337 e. The second kappa shape index (κ2) is 8.41. The fraction of sp³-hybridized carbons (Fsp3) is 0.529. The van der Waals surface area contributed by atoms with E-state index in [9.17, 15) is 9.59 Å². The number of benzene rings is 1. The highest BCUT2D eigenvalue weighted by Gasteiger charge is 2.14. The predicted octanol–water partition coefficient (Wildman–Crippen LogP) is 2.68. The van der Waals surface area contributed by atoms with Crippen LogP contribution in [0.4, 0.5) is 5.69 Å². The van der Waals surface area contributed by atoms with Gasteiger partial charge in [-0.15, -0.1) is 0 Å². The van der Waals surface area contributed by atoms with Crippen LogP contribution in [0, 0.1) is 0 Å². The molecule has 0 aromatic heterocycles. The summed E-state index contributed by atoms with van der Waals surface area (Å²) in [6, 6.07) is 6.95. The first-order chi connectivity index (χ1) is 10.7. The van der Waals surface area contributed by atoms with E-state index < -0.39 is 0 Å². The summed E-state index contributed by atoms with van der Waals surface area (Å²) >= 11 is 0. The van der Waals surface area contributed by atoms with Crippen LogP contribution >= 0.6 is 0 Å². The number of nitrogens with one attached hydrogen (secondary N) is 1. The van der Waals surface area contributed by atoms with E-state index in [-0.39, 0.29) is 18.4 Å². The molecule has 1 amide bonds. The molecule has 1 N–H and O–H groups in total. The molecule has 1 aromatic rings. The number of nitrogens with zero attached hydrogens (tertiary/aromatic N) is 1. The number of carbonyl (C=O) groups is 2. The van der Waals surface area contributed by atoms with Crippen LogP contribution in [0.5, 0.6) is 0 Å². The van der Waals surface area contributed by atoms with Crippen molar-refractivity contribution >= 4 is 17.6 Å². The SMILES string of the molecule is COC(=O)c1ccc(NCC(=O)N2CCCCCCC2)cc1. The van der Waals surface area contributed by atoms with Gasteiger partial charge in [-0.1, -0.05) is 19.3 Å². The molecule has 0 unspecified atom stereocenters. The lowest BCUT2D eigenvalue weighted by Gasteiger charge is -2.25. The van der Waals surface area contributed by atoms with Crippen molar-refractivity contribution in [2.75, 3.05) is 32.1 Å². The van der Waals surface area contributed by atoms with Crippen molar-refractivity contribution in [1.82, 2.24) is 4.90 Å². The molecule has 0 saturated carbocycles. The van der Waals surface area contributed by atoms with Crippen molar-refractivity contribution in [2.45, 2.75) is 32.1 Å². The molecule has 0 radical (unpaired) electrons. The highest BCUT2D eigenvalue weighted by molar-refractivity contribution is 5.89. The lowest BCUT2D eigenvalue weighted by Crippen LogP contribution is -2.37. The number of ether oxygens (including phenoxy) is 1. The third-order valence-electron chi connectivity index (χ3n) is 3.96. The van der Waals surface area contributed by atoms with E-state index >= 15 is 0 Å². The van der Waals surface area contributed by atoms with Crippen molar-refractivity contribution in [3.63, 3.8) is 0 Å². The average Bonchev–Trinajstić information content (AvgIpc) is 2.52. The Morgan fingerprint density at radius 3 is 2.23 bits per heavy atom. The number of likely N-dealkylation sites (tertiary alicyclic amines) is 1. The van der Waals surface area contributed by atoms with E-state index in [0.29, 0.717) is 5.56 Å². The molecule has 0 bridgehead atoms. The normalized spacial score (nSPS) is 15.6. The summed E-state index contributed by atoms with van der Waals surface area (Å²) < 4.78 is 4.66. The second-order valence-electron chi connectivity index (χ2n) is 5.57. The van der Waals surface area contributed by atoms with Gasteiger partial charge in [-0.3, -0.25) is 4.79 Å². The van der Waals surface area contributed by atoms with Gasteiger partial charge >= 0.3 is 5.97 Å². The van der Waals surface area contributed by atoms with Gasteiger partial charge in [0.1, 0.15) is 0 Å². The summed E-state index contributed by atoms with van der Waals surface area (Å²) in [5.74, 6) is -0.220. The monoisotopic (exact) mass is 304 g/mol. The molecule has 0 atom stereocenters. The molecule has 1 fully saturated rings. The van der Waals surface area contributed by atoms with Gasteiger partial charge in [-0.25, -0.2) is 4.79 Å². The van der Waals surface area contributed by atoms with Gasteiger partial charge < -0.3 is 15.0 Å². The van der Waals surface area contributed by atoms with Crippen LogP contribution in [0.15, 0.2) is 24.3 Å². The quantitative estimate of drug-likeness (QED) is 0.869. The first-order valence-electron chi connectivity index (χ1n) is 7.91. The molecule has 0 spiro atoms. The van der Waals surface area contributed by atoms with Crippen molar-refractivity contribution in [2.24, 2.45) is 0 Å². The molecule has 22 heavy (non-hydrogen) atoms. The van der Waals surface area contributed by atoms with Crippen molar-refractivity contribution in [1.29, 1.82) is 0 Å². The van der Waals surface area contributed by atoms with Crippen LogP contribution in [0.1, 0.15) is 42.5 Å². The summed E-state index contributed by atoms with van der Waals surface area (Å²) in [5, 5.41) is 3.12. The highest BCUT2D eigenvalue weighted by atomic mass is 16.5. The number of anilines is 1. The molecule has 5 nitrogen and oxygen atoms in total. The second-order valence-corrected chi connectivity index (χ2v) is 5.57. The lowest BCUT2D eigenvalue weighted by atomic mass is 10.1. The maximum atomic E-state index is 12.2. The van der Waals surface area contributed by atoms with E-state index in [4.69, 9.17) is 0 Å². The van der Waals surface area contributed by atoms with E-state index in [2.05, 4.69) is 10.1 Å². The number of esters is 1. The third-order valence-corrected chi connectivity index (χ3v) is 3.96. The van der Waals surface area contributed by atoms with Crippen LogP contribution in [0.2, 0.25) is 0 Å². The average molecular weight is 304 g/mol. The van der Waals surface area contributed by atoms with Gasteiger partial charge in [0.15, 0.2) is 0 Å². The third kappa shape index (κ3) is 4.76. The number of carbonyl (C=O) groups excluding carboxylic acids is 2. The lowest BCUT2D eigenvalue weighted by molar-refractivity contribution is -0.129. The summed E-state index contributed by atoms with van der Waals surface area (Å²) in [6.07, 6.45) is 5.91. The molecule has 2 rings (SSSR count). The van der Waals surface area contributed by atoms with Crippen molar-refractivity contribution in [3.05, 3.63) is 29.8 Å². The Balaban J connectivity index is 1.83. The number of rotatable bonds is 4. The Kier molecular flexibility index (Phi) is 6.25.